The number of halogens is 1. The first-order valence-electron chi connectivity index (χ1n) is 5.45. The molecule has 0 fully saturated rings. The predicted molar refractivity (Wildman–Crippen MR) is 75.3 cm³/mol. The van der Waals surface area contributed by atoms with E-state index in [4.69, 9.17) is 17.3 Å². The molecule has 3 N–H and O–H groups in total. The Morgan fingerprint density at radius 3 is 2.53 bits per heavy atom. The van der Waals surface area contributed by atoms with E-state index in [2.05, 4.69) is 4.72 Å². The van der Waals surface area contributed by atoms with Gasteiger partial charge >= 0.3 is 0 Å². The quantitative estimate of drug-likeness (QED) is 0.658. The Hall–Kier alpha value is -0.420. The van der Waals surface area contributed by atoms with Gasteiger partial charge in [0.1, 0.15) is 4.75 Å². The number of nitrogens with two attached hydrogens (primary N) is 1. The van der Waals surface area contributed by atoms with Crippen LogP contribution in [0.25, 0.3) is 0 Å². The summed E-state index contributed by atoms with van der Waals surface area (Å²) in [6.45, 7) is 7.68. The third kappa shape index (κ3) is 3.78. The number of nitrogen functional groups attached to an aromatic ring is 1. The fraction of sp³-hybridized carbons (Fsp3) is 0.500. The molecular formula is C12H19ClN2OS. The highest BCUT2D eigenvalue weighted by Crippen LogP contribution is 2.28. The SMILES string of the molecule is CC(N[S+]([O-])C(C)(C)C)c1cccc(Cl)c1N. The summed E-state index contributed by atoms with van der Waals surface area (Å²) in [6, 6.07) is 5.37. The van der Waals surface area contributed by atoms with Gasteiger partial charge in [-0.1, -0.05) is 23.7 Å². The van der Waals surface area contributed by atoms with Gasteiger partial charge in [-0.15, -0.1) is 4.72 Å². The monoisotopic (exact) mass is 274 g/mol. The van der Waals surface area contributed by atoms with Crippen molar-refractivity contribution in [2.75, 3.05) is 5.73 Å². The molecule has 5 heteroatoms. The molecule has 1 aromatic rings. The topological polar surface area (TPSA) is 61.1 Å². The number of anilines is 1. The molecule has 0 aliphatic carbocycles. The first-order valence-corrected chi connectivity index (χ1v) is 6.98. The molecule has 0 aromatic heterocycles. The molecule has 0 saturated heterocycles. The van der Waals surface area contributed by atoms with Crippen LogP contribution in [-0.2, 0) is 11.4 Å². The molecule has 17 heavy (non-hydrogen) atoms. The van der Waals surface area contributed by atoms with E-state index in [9.17, 15) is 4.55 Å². The number of benzene rings is 1. The van der Waals surface area contributed by atoms with E-state index in [1.807, 2.05) is 39.8 Å². The van der Waals surface area contributed by atoms with Crippen LogP contribution in [0.15, 0.2) is 18.2 Å². The van der Waals surface area contributed by atoms with Crippen molar-refractivity contribution in [1.82, 2.24) is 4.72 Å². The summed E-state index contributed by atoms with van der Waals surface area (Å²) in [5, 5.41) is 0.526. The lowest BCUT2D eigenvalue weighted by Crippen LogP contribution is -2.40. The van der Waals surface area contributed by atoms with E-state index < -0.39 is 11.4 Å². The molecular weight excluding hydrogens is 256 g/mol. The van der Waals surface area contributed by atoms with Gasteiger partial charge in [-0.2, -0.15) is 0 Å². The van der Waals surface area contributed by atoms with Gasteiger partial charge in [0.15, 0.2) is 0 Å². The van der Waals surface area contributed by atoms with Crippen molar-refractivity contribution in [1.29, 1.82) is 0 Å². The van der Waals surface area contributed by atoms with Crippen LogP contribution >= 0.6 is 11.6 Å². The Labute approximate surface area is 111 Å². The third-order valence-electron chi connectivity index (χ3n) is 2.39. The van der Waals surface area contributed by atoms with Crippen LogP contribution in [0.5, 0.6) is 0 Å². The zero-order chi connectivity index (χ0) is 13.2. The molecule has 2 unspecified atom stereocenters. The summed E-state index contributed by atoms with van der Waals surface area (Å²) < 4.78 is 14.7. The fourth-order valence-electron chi connectivity index (χ4n) is 1.33. The number of rotatable bonds is 3. The van der Waals surface area contributed by atoms with Crippen molar-refractivity contribution >= 4 is 28.7 Å². The second kappa shape index (κ2) is 5.48. The third-order valence-corrected chi connectivity index (χ3v) is 4.40. The molecule has 1 aromatic carbocycles. The maximum atomic E-state index is 12.0. The lowest BCUT2D eigenvalue weighted by molar-refractivity contribution is 0.531. The average molecular weight is 275 g/mol. The number of hydrogen-bond acceptors (Lipinski definition) is 3. The molecule has 3 nitrogen and oxygen atoms in total. The van der Waals surface area contributed by atoms with E-state index in [1.165, 1.54) is 0 Å². The van der Waals surface area contributed by atoms with E-state index >= 15 is 0 Å². The summed E-state index contributed by atoms with van der Waals surface area (Å²) in [7, 11) is 0. The Bertz CT molecular complexity index is 393. The normalized spacial score (nSPS) is 15.6. The zero-order valence-corrected chi connectivity index (χ0v) is 12.2. The van der Waals surface area contributed by atoms with Gasteiger partial charge in [0, 0.05) is 11.4 Å². The van der Waals surface area contributed by atoms with Crippen LogP contribution in [-0.4, -0.2) is 9.30 Å². The molecule has 96 valence electrons. The first kappa shape index (κ1) is 14.6. The molecule has 0 spiro atoms. The van der Waals surface area contributed by atoms with E-state index in [0.29, 0.717) is 10.7 Å². The average Bonchev–Trinajstić information content (AvgIpc) is 2.20. The Balaban J connectivity index is 2.84. The standard InChI is InChI=1S/C12H19ClN2OS/c1-8(15-17(16)12(2,3)4)9-6-5-7-10(13)11(9)14/h5-8,15H,14H2,1-4H3. The van der Waals surface area contributed by atoms with Gasteiger partial charge in [0.2, 0.25) is 0 Å². The van der Waals surface area contributed by atoms with E-state index in [-0.39, 0.29) is 10.8 Å². The molecule has 0 bridgehead atoms. The molecule has 2 atom stereocenters. The van der Waals surface area contributed by atoms with Crippen LogP contribution in [0.3, 0.4) is 0 Å². The minimum Gasteiger partial charge on any atom is -0.598 e. The van der Waals surface area contributed by atoms with Crippen LogP contribution in [0.2, 0.25) is 5.02 Å². The van der Waals surface area contributed by atoms with Gasteiger partial charge in [-0.05, 0) is 39.3 Å². The predicted octanol–water partition coefficient (Wildman–Crippen LogP) is 3.04. The minimum atomic E-state index is -1.13. The highest BCUT2D eigenvalue weighted by Gasteiger charge is 2.28. The number of nitrogens with one attached hydrogen (secondary N) is 1. The van der Waals surface area contributed by atoms with Crippen molar-refractivity contribution < 1.29 is 4.55 Å². The summed E-state index contributed by atoms with van der Waals surface area (Å²) in [5.74, 6) is 0. The van der Waals surface area contributed by atoms with Crippen LogP contribution in [0.1, 0.15) is 39.3 Å². The largest absolute Gasteiger partial charge is 0.598 e. The highest BCUT2D eigenvalue weighted by atomic mass is 35.5. The van der Waals surface area contributed by atoms with E-state index in [1.54, 1.807) is 6.07 Å². The van der Waals surface area contributed by atoms with Gasteiger partial charge in [0.25, 0.3) is 0 Å². The molecule has 0 aliphatic heterocycles. The zero-order valence-electron chi connectivity index (χ0n) is 10.6. The summed E-state index contributed by atoms with van der Waals surface area (Å²) in [5.41, 5.74) is 7.31. The maximum absolute atomic E-state index is 12.0. The van der Waals surface area contributed by atoms with Crippen LogP contribution in [0.4, 0.5) is 5.69 Å². The number of para-hydroxylation sites is 1. The molecule has 0 saturated carbocycles. The van der Waals surface area contributed by atoms with Gasteiger partial charge in [0.05, 0.1) is 16.8 Å². The van der Waals surface area contributed by atoms with Gasteiger partial charge < -0.3 is 10.3 Å². The van der Waals surface area contributed by atoms with Crippen molar-refractivity contribution in [3.05, 3.63) is 28.8 Å². The van der Waals surface area contributed by atoms with Crippen molar-refractivity contribution in [3.63, 3.8) is 0 Å². The van der Waals surface area contributed by atoms with Crippen LogP contribution in [0, 0.1) is 0 Å². The van der Waals surface area contributed by atoms with Crippen molar-refractivity contribution in [2.24, 2.45) is 0 Å². The molecule has 1 rings (SSSR count). The smallest absolute Gasteiger partial charge is 0.136 e. The van der Waals surface area contributed by atoms with Crippen molar-refractivity contribution in [2.45, 2.75) is 38.5 Å². The van der Waals surface area contributed by atoms with Crippen molar-refractivity contribution in [3.8, 4) is 0 Å². The molecule has 0 aliphatic rings. The van der Waals surface area contributed by atoms with Gasteiger partial charge in [-0.3, -0.25) is 0 Å². The summed E-state index contributed by atoms with van der Waals surface area (Å²) >= 11 is 4.82. The second-order valence-corrected chi connectivity index (χ2v) is 7.37. The Morgan fingerprint density at radius 1 is 1.41 bits per heavy atom. The maximum Gasteiger partial charge on any atom is 0.136 e. The molecule has 0 radical (unpaired) electrons. The van der Waals surface area contributed by atoms with Gasteiger partial charge in [-0.25, -0.2) is 0 Å². The highest BCUT2D eigenvalue weighted by molar-refractivity contribution is 7.90. The fourth-order valence-corrected chi connectivity index (χ4v) is 2.32. The lowest BCUT2D eigenvalue weighted by atomic mass is 10.1. The number of hydrogen-bond donors (Lipinski definition) is 2. The van der Waals surface area contributed by atoms with E-state index in [0.717, 1.165) is 5.56 Å². The molecule has 0 amide bonds. The Kier molecular flexibility index (Phi) is 4.72. The van der Waals surface area contributed by atoms with Crippen LogP contribution < -0.4 is 10.5 Å². The summed E-state index contributed by atoms with van der Waals surface area (Å²) in [4.78, 5) is 0. The second-order valence-electron chi connectivity index (χ2n) is 4.96. The lowest BCUT2D eigenvalue weighted by Gasteiger charge is -2.27. The summed E-state index contributed by atoms with van der Waals surface area (Å²) in [6.07, 6.45) is 0. The minimum absolute atomic E-state index is 0.103. The Morgan fingerprint density at radius 2 is 2.00 bits per heavy atom. The first-order chi connectivity index (χ1) is 7.73. The molecule has 0 heterocycles.